The van der Waals surface area contributed by atoms with E-state index >= 15 is 0 Å². The molecule has 0 aliphatic carbocycles. The van der Waals surface area contributed by atoms with Crippen LogP contribution in [0.25, 0.3) is 11.1 Å². The zero-order chi connectivity index (χ0) is 18.4. The predicted octanol–water partition coefficient (Wildman–Crippen LogP) is 3.79. The monoisotopic (exact) mass is 386 g/mol. The Bertz CT molecular complexity index is 1060. The summed E-state index contributed by atoms with van der Waals surface area (Å²) >= 11 is 12.1. The van der Waals surface area contributed by atoms with Crippen molar-refractivity contribution in [2.75, 3.05) is 5.43 Å². The number of nitrogens with one attached hydrogen (secondary N) is 1. The lowest BCUT2D eigenvalue weighted by atomic mass is 9.89. The maximum atomic E-state index is 12.4. The van der Waals surface area contributed by atoms with Crippen LogP contribution < -0.4 is 11.1 Å². The van der Waals surface area contributed by atoms with E-state index in [2.05, 4.69) is 10.5 Å². The highest BCUT2D eigenvalue weighted by Crippen LogP contribution is 2.36. The first-order chi connectivity index (χ1) is 12.5. The third-order valence-corrected chi connectivity index (χ3v) is 4.97. The highest BCUT2D eigenvalue weighted by molar-refractivity contribution is 6.31. The molecule has 0 amide bonds. The molecule has 1 aliphatic heterocycles. The average molecular weight is 387 g/mol. The van der Waals surface area contributed by atoms with Gasteiger partial charge in [-0.05, 0) is 47.9 Å². The van der Waals surface area contributed by atoms with Gasteiger partial charge in [-0.15, -0.1) is 5.10 Å². The van der Waals surface area contributed by atoms with Crippen molar-refractivity contribution < 1.29 is 0 Å². The van der Waals surface area contributed by atoms with Crippen molar-refractivity contribution in [2.24, 2.45) is 7.05 Å². The fraction of sp³-hybridized carbons (Fsp3) is 0.158. The zero-order valence-electron chi connectivity index (χ0n) is 14.2. The van der Waals surface area contributed by atoms with Crippen LogP contribution in [0.3, 0.4) is 0 Å². The van der Waals surface area contributed by atoms with E-state index in [4.69, 9.17) is 23.2 Å². The quantitative estimate of drug-likeness (QED) is 0.728. The Balaban J connectivity index is 2.05. The molecule has 2 heterocycles. The molecular weight excluding hydrogens is 371 g/mol. The summed E-state index contributed by atoms with van der Waals surface area (Å²) in [6.45, 7) is 2.02. The van der Waals surface area contributed by atoms with Crippen LogP contribution in [0.2, 0.25) is 10.0 Å². The second-order valence-corrected chi connectivity index (χ2v) is 7.09. The van der Waals surface area contributed by atoms with Gasteiger partial charge in [0, 0.05) is 22.7 Å². The summed E-state index contributed by atoms with van der Waals surface area (Å²) < 4.78 is 2.82. The van der Waals surface area contributed by atoms with Gasteiger partial charge in [0.2, 0.25) is 0 Å². The number of hydrogen-bond donors (Lipinski definition) is 1. The maximum Gasteiger partial charge on any atom is 0.364 e. The molecule has 1 aromatic heterocycles. The van der Waals surface area contributed by atoms with Gasteiger partial charge in [0.1, 0.15) is 0 Å². The number of rotatable bonds is 2. The smallest absolute Gasteiger partial charge is 0.313 e. The number of hydrogen-bond acceptors (Lipinski definition) is 3. The maximum absolute atomic E-state index is 12.4. The van der Waals surface area contributed by atoms with Crippen LogP contribution in [0, 0.1) is 0 Å². The second kappa shape index (κ2) is 6.34. The first-order valence-electron chi connectivity index (χ1n) is 8.14. The van der Waals surface area contributed by atoms with Gasteiger partial charge in [-0.25, -0.2) is 9.48 Å². The van der Waals surface area contributed by atoms with E-state index in [1.54, 1.807) is 7.05 Å². The molecule has 0 fully saturated rings. The molecule has 1 unspecified atom stereocenters. The van der Waals surface area contributed by atoms with Gasteiger partial charge in [0.25, 0.3) is 0 Å². The van der Waals surface area contributed by atoms with E-state index in [1.807, 2.05) is 55.5 Å². The normalized spacial score (nSPS) is 16.4. The van der Waals surface area contributed by atoms with E-state index in [-0.39, 0.29) is 11.7 Å². The summed E-state index contributed by atoms with van der Waals surface area (Å²) in [6, 6.07) is 15.1. The van der Waals surface area contributed by atoms with Crippen LogP contribution in [-0.2, 0) is 7.05 Å². The molecule has 3 aromatic rings. The number of halogens is 2. The molecule has 1 aliphatic rings. The molecule has 2 aromatic carbocycles. The molecule has 0 spiro atoms. The van der Waals surface area contributed by atoms with E-state index in [9.17, 15) is 4.79 Å². The van der Waals surface area contributed by atoms with Gasteiger partial charge < -0.3 is 5.43 Å². The van der Waals surface area contributed by atoms with Crippen LogP contribution in [0.15, 0.2) is 53.3 Å². The molecule has 1 N–H and O–H groups in total. The van der Waals surface area contributed by atoms with Crippen LogP contribution in [-0.4, -0.2) is 20.5 Å². The molecule has 0 bridgehead atoms. The van der Waals surface area contributed by atoms with Crippen molar-refractivity contribution in [3.63, 3.8) is 0 Å². The lowest BCUT2D eigenvalue weighted by Gasteiger charge is -2.28. The molecule has 4 rings (SSSR count). The fourth-order valence-electron chi connectivity index (χ4n) is 3.26. The minimum Gasteiger partial charge on any atom is -0.313 e. The van der Waals surface area contributed by atoms with Crippen molar-refractivity contribution in [1.82, 2.24) is 14.5 Å². The number of fused-ring (bicyclic) bond motifs is 1. The van der Waals surface area contributed by atoms with Crippen molar-refractivity contribution in [3.8, 4) is 0 Å². The van der Waals surface area contributed by atoms with E-state index in [1.165, 1.54) is 9.36 Å². The Labute approximate surface area is 160 Å². The molecule has 5 nitrogen and oxygen atoms in total. The number of aryl methyl sites for hydroxylation is 1. The summed E-state index contributed by atoms with van der Waals surface area (Å²) in [5.41, 5.74) is 6.91. The van der Waals surface area contributed by atoms with Gasteiger partial charge in [0.15, 0.2) is 5.82 Å². The molecular formula is C19H16Cl2N4O. The van der Waals surface area contributed by atoms with E-state index in [0.717, 1.165) is 22.3 Å². The standard InChI is InChI=1S/C19H16Cl2N4O/c1-11-16(12-3-7-14(20)8-4-12)17(13-5-9-15(21)10-6-13)18-23-24(2)19(26)25(18)22-11/h3-11,22H,1-2H3. The third-order valence-electron chi connectivity index (χ3n) is 4.46. The topological polar surface area (TPSA) is 51.9 Å². The van der Waals surface area contributed by atoms with Crippen molar-refractivity contribution >= 4 is 34.3 Å². The van der Waals surface area contributed by atoms with Crippen LogP contribution >= 0.6 is 23.2 Å². The Morgan fingerprint density at radius 3 is 2.08 bits per heavy atom. The summed E-state index contributed by atoms with van der Waals surface area (Å²) in [4.78, 5) is 12.4. The van der Waals surface area contributed by atoms with Crippen molar-refractivity contribution in [2.45, 2.75) is 13.0 Å². The Morgan fingerprint density at radius 2 is 1.50 bits per heavy atom. The summed E-state index contributed by atoms with van der Waals surface area (Å²) in [7, 11) is 1.64. The first kappa shape index (κ1) is 16.9. The third kappa shape index (κ3) is 2.73. The van der Waals surface area contributed by atoms with Gasteiger partial charge in [0.05, 0.1) is 6.04 Å². The van der Waals surface area contributed by atoms with Crippen LogP contribution in [0.5, 0.6) is 0 Å². The first-order valence-corrected chi connectivity index (χ1v) is 8.90. The Morgan fingerprint density at radius 1 is 0.962 bits per heavy atom. The molecule has 132 valence electrons. The lowest BCUT2D eigenvalue weighted by molar-refractivity contribution is 0.697. The van der Waals surface area contributed by atoms with E-state index < -0.39 is 0 Å². The van der Waals surface area contributed by atoms with Gasteiger partial charge in [-0.3, -0.25) is 0 Å². The molecule has 0 radical (unpaired) electrons. The average Bonchev–Trinajstić information content (AvgIpc) is 2.90. The highest BCUT2D eigenvalue weighted by Gasteiger charge is 2.30. The lowest BCUT2D eigenvalue weighted by Crippen LogP contribution is -2.39. The molecule has 0 saturated heterocycles. The minimum atomic E-state index is -0.214. The SMILES string of the molecule is CC1Nn2c(nn(C)c2=O)C(c2ccc(Cl)cc2)=C1c1ccc(Cl)cc1. The summed E-state index contributed by atoms with van der Waals surface area (Å²) in [5, 5.41) is 5.78. The van der Waals surface area contributed by atoms with Crippen molar-refractivity contribution in [3.05, 3.63) is 86.0 Å². The largest absolute Gasteiger partial charge is 0.364 e. The van der Waals surface area contributed by atoms with Crippen LogP contribution in [0.1, 0.15) is 23.9 Å². The molecule has 7 heteroatoms. The van der Waals surface area contributed by atoms with Gasteiger partial charge in [-0.1, -0.05) is 47.5 Å². The fourth-order valence-corrected chi connectivity index (χ4v) is 3.52. The predicted molar refractivity (Wildman–Crippen MR) is 105 cm³/mol. The Hall–Kier alpha value is -2.50. The minimum absolute atomic E-state index is 0.101. The number of nitrogens with zero attached hydrogens (tertiary/aromatic N) is 3. The zero-order valence-corrected chi connectivity index (χ0v) is 15.7. The van der Waals surface area contributed by atoms with Gasteiger partial charge >= 0.3 is 5.69 Å². The van der Waals surface area contributed by atoms with Gasteiger partial charge in [-0.2, -0.15) is 4.68 Å². The van der Waals surface area contributed by atoms with E-state index in [0.29, 0.717) is 15.9 Å². The second-order valence-electron chi connectivity index (χ2n) is 6.22. The highest BCUT2D eigenvalue weighted by atomic mass is 35.5. The summed E-state index contributed by atoms with van der Waals surface area (Å²) in [5.74, 6) is 0.572. The molecule has 26 heavy (non-hydrogen) atoms. The number of benzene rings is 2. The van der Waals surface area contributed by atoms with Crippen LogP contribution in [0.4, 0.5) is 0 Å². The summed E-state index contributed by atoms with van der Waals surface area (Å²) in [6.07, 6.45) is 0. The van der Waals surface area contributed by atoms with Crippen molar-refractivity contribution in [1.29, 1.82) is 0 Å². The molecule has 1 atom stereocenters. The molecule has 0 saturated carbocycles. The number of aromatic nitrogens is 3. The Kier molecular flexibility index (Phi) is 4.13.